The first kappa shape index (κ1) is 18.9. The summed E-state index contributed by atoms with van der Waals surface area (Å²) in [4.78, 5) is 0. The van der Waals surface area contributed by atoms with Gasteiger partial charge in [-0.2, -0.15) is 0 Å². The van der Waals surface area contributed by atoms with E-state index < -0.39 is 6.10 Å². The zero-order valence-corrected chi connectivity index (χ0v) is 14.1. The van der Waals surface area contributed by atoms with Gasteiger partial charge in [0.2, 0.25) is 0 Å². The van der Waals surface area contributed by atoms with Gasteiger partial charge >= 0.3 is 0 Å². The Morgan fingerprint density at radius 3 is 2.43 bits per heavy atom. The molecule has 0 aromatic rings. The van der Waals surface area contributed by atoms with Gasteiger partial charge in [-0.15, -0.1) is 0 Å². The van der Waals surface area contributed by atoms with E-state index in [4.69, 9.17) is 15.2 Å². The summed E-state index contributed by atoms with van der Waals surface area (Å²) >= 11 is 0. The van der Waals surface area contributed by atoms with Crippen molar-refractivity contribution in [3.8, 4) is 0 Å². The Balaban J connectivity index is 2.27. The monoisotopic (exact) mass is 301 g/mol. The van der Waals surface area contributed by atoms with Crippen molar-refractivity contribution in [2.24, 2.45) is 17.6 Å². The molecule has 0 heterocycles. The van der Waals surface area contributed by atoms with Gasteiger partial charge in [-0.1, -0.05) is 27.2 Å². The summed E-state index contributed by atoms with van der Waals surface area (Å²) in [5.41, 5.74) is 5.72. The molecule has 1 unspecified atom stereocenters. The Morgan fingerprint density at radius 2 is 1.90 bits per heavy atom. The molecule has 0 aromatic heterocycles. The fourth-order valence-electron chi connectivity index (χ4n) is 3.03. The van der Waals surface area contributed by atoms with Crippen LogP contribution in [0.2, 0.25) is 0 Å². The van der Waals surface area contributed by atoms with E-state index in [1.54, 1.807) is 0 Å². The Labute approximate surface area is 130 Å². The van der Waals surface area contributed by atoms with Gasteiger partial charge in [0.15, 0.2) is 0 Å². The van der Waals surface area contributed by atoms with Crippen LogP contribution in [-0.2, 0) is 9.47 Å². The number of aliphatic hydroxyl groups excluding tert-OH is 1. The van der Waals surface area contributed by atoms with Crippen molar-refractivity contribution in [2.75, 3.05) is 26.4 Å². The molecule has 1 saturated carbocycles. The topological polar surface area (TPSA) is 64.7 Å². The van der Waals surface area contributed by atoms with Crippen LogP contribution in [0.5, 0.6) is 0 Å². The second-order valence-electron chi connectivity index (χ2n) is 6.86. The van der Waals surface area contributed by atoms with Crippen LogP contribution in [0.4, 0.5) is 0 Å². The van der Waals surface area contributed by atoms with Gasteiger partial charge in [0.25, 0.3) is 0 Å². The van der Waals surface area contributed by atoms with Crippen molar-refractivity contribution in [3.63, 3.8) is 0 Å². The van der Waals surface area contributed by atoms with Crippen molar-refractivity contribution < 1.29 is 14.6 Å². The molecule has 0 radical (unpaired) electrons. The van der Waals surface area contributed by atoms with Crippen LogP contribution in [-0.4, -0.2) is 43.2 Å². The molecule has 0 bridgehead atoms. The molecule has 126 valence electrons. The number of ether oxygens (including phenoxy) is 2. The van der Waals surface area contributed by atoms with E-state index in [0.717, 1.165) is 37.5 Å². The molecule has 0 saturated heterocycles. The van der Waals surface area contributed by atoms with E-state index >= 15 is 0 Å². The lowest BCUT2D eigenvalue weighted by atomic mass is 9.74. The van der Waals surface area contributed by atoms with E-state index in [0.29, 0.717) is 26.4 Å². The standard InChI is InChI=1S/C17H35NO3/c1-4-5-10-20-11-16(19)12-21-17(13-18)8-6-15(7-9-17)14(2)3/h14-16,19H,4-13,18H2,1-3H3. The summed E-state index contributed by atoms with van der Waals surface area (Å²) in [6.45, 7) is 8.65. The maximum Gasteiger partial charge on any atom is 0.101 e. The SMILES string of the molecule is CCCCOCC(O)COC1(CN)CCC(C(C)C)CC1. The molecule has 0 aliphatic heterocycles. The lowest BCUT2D eigenvalue weighted by Crippen LogP contribution is -2.46. The normalized spacial score (nSPS) is 28.0. The highest BCUT2D eigenvalue weighted by atomic mass is 16.5. The van der Waals surface area contributed by atoms with Gasteiger partial charge in [0, 0.05) is 13.2 Å². The van der Waals surface area contributed by atoms with E-state index in [2.05, 4.69) is 20.8 Å². The minimum atomic E-state index is -0.548. The first-order valence-corrected chi connectivity index (χ1v) is 8.63. The van der Waals surface area contributed by atoms with E-state index in [9.17, 15) is 5.11 Å². The van der Waals surface area contributed by atoms with Crippen LogP contribution in [0.25, 0.3) is 0 Å². The first-order chi connectivity index (χ1) is 10.0. The van der Waals surface area contributed by atoms with Crippen molar-refractivity contribution in [1.29, 1.82) is 0 Å². The van der Waals surface area contributed by atoms with Gasteiger partial charge in [-0.3, -0.25) is 0 Å². The summed E-state index contributed by atoms with van der Waals surface area (Å²) in [5, 5.41) is 9.94. The Bertz CT molecular complexity index is 263. The highest BCUT2D eigenvalue weighted by molar-refractivity contribution is 4.89. The summed E-state index contributed by atoms with van der Waals surface area (Å²) in [6.07, 6.45) is 5.98. The molecule has 1 aliphatic carbocycles. The van der Waals surface area contributed by atoms with E-state index in [-0.39, 0.29) is 5.60 Å². The lowest BCUT2D eigenvalue weighted by molar-refractivity contribution is -0.113. The highest BCUT2D eigenvalue weighted by Crippen LogP contribution is 2.37. The van der Waals surface area contributed by atoms with Crippen molar-refractivity contribution >= 4 is 0 Å². The smallest absolute Gasteiger partial charge is 0.101 e. The van der Waals surface area contributed by atoms with Gasteiger partial charge < -0.3 is 20.3 Å². The zero-order chi connectivity index (χ0) is 15.7. The Morgan fingerprint density at radius 1 is 1.24 bits per heavy atom. The van der Waals surface area contributed by atoms with E-state index in [1.807, 2.05) is 0 Å². The second kappa shape index (κ2) is 9.78. The Hall–Kier alpha value is -0.160. The van der Waals surface area contributed by atoms with Gasteiger partial charge in [-0.25, -0.2) is 0 Å². The summed E-state index contributed by atoms with van der Waals surface area (Å²) in [6, 6.07) is 0. The molecule has 3 N–H and O–H groups in total. The molecule has 0 amide bonds. The van der Waals surface area contributed by atoms with Crippen LogP contribution >= 0.6 is 0 Å². The van der Waals surface area contributed by atoms with Crippen LogP contribution in [0, 0.1) is 11.8 Å². The van der Waals surface area contributed by atoms with Crippen molar-refractivity contribution in [3.05, 3.63) is 0 Å². The minimum Gasteiger partial charge on any atom is -0.388 e. The molecule has 0 aromatic carbocycles. The number of aliphatic hydroxyl groups is 1. The molecule has 21 heavy (non-hydrogen) atoms. The quantitative estimate of drug-likeness (QED) is 0.609. The average molecular weight is 301 g/mol. The number of hydrogen-bond acceptors (Lipinski definition) is 4. The number of nitrogens with two attached hydrogens (primary N) is 1. The summed E-state index contributed by atoms with van der Waals surface area (Å²) in [7, 11) is 0. The number of hydrogen-bond donors (Lipinski definition) is 2. The largest absolute Gasteiger partial charge is 0.388 e. The van der Waals surface area contributed by atoms with Crippen molar-refractivity contribution in [2.45, 2.75) is 71.0 Å². The highest BCUT2D eigenvalue weighted by Gasteiger charge is 2.36. The fraction of sp³-hybridized carbons (Fsp3) is 1.00. The van der Waals surface area contributed by atoms with Crippen LogP contribution in [0.1, 0.15) is 59.3 Å². The summed E-state index contributed by atoms with van der Waals surface area (Å²) < 4.78 is 11.4. The van der Waals surface area contributed by atoms with Gasteiger partial charge in [-0.05, 0) is 43.9 Å². The van der Waals surface area contributed by atoms with Gasteiger partial charge in [0.05, 0.1) is 18.8 Å². The fourth-order valence-corrected chi connectivity index (χ4v) is 3.03. The minimum absolute atomic E-state index is 0.226. The maximum absolute atomic E-state index is 9.94. The molecule has 4 nitrogen and oxygen atoms in total. The maximum atomic E-state index is 9.94. The summed E-state index contributed by atoms with van der Waals surface area (Å²) in [5.74, 6) is 1.52. The molecule has 1 aliphatic rings. The third kappa shape index (κ3) is 6.64. The Kier molecular flexibility index (Phi) is 8.79. The predicted molar refractivity (Wildman–Crippen MR) is 86.3 cm³/mol. The third-order valence-electron chi connectivity index (χ3n) is 4.79. The molecule has 1 atom stereocenters. The molecule has 4 heteroatoms. The van der Waals surface area contributed by atoms with Crippen LogP contribution < -0.4 is 5.73 Å². The van der Waals surface area contributed by atoms with Crippen LogP contribution in [0.3, 0.4) is 0 Å². The number of unbranched alkanes of at least 4 members (excludes halogenated alkanes) is 1. The van der Waals surface area contributed by atoms with Gasteiger partial charge in [0.1, 0.15) is 6.10 Å². The zero-order valence-electron chi connectivity index (χ0n) is 14.1. The van der Waals surface area contributed by atoms with E-state index in [1.165, 1.54) is 12.8 Å². The predicted octanol–water partition coefficient (Wildman–Crippen LogP) is 2.72. The number of rotatable bonds is 10. The van der Waals surface area contributed by atoms with Crippen molar-refractivity contribution in [1.82, 2.24) is 0 Å². The molecular formula is C17H35NO3. The molecule has 0 spiro atoms. The third-order valence-corrected chi connectivity index (χ3v) is 4.79. The lowest BCUT2D eigenvalue weighted by Gasteiger charge is -2.41. The van der Waals surface area contributed by atoms with Crippen LogP contribution in [0.15, 0.2) is 0 Å². The first-order valence-electron chi connectivity index (χ1n) is 8.63. The second-order valence-corrected chi connectivity index (χ2v) is 6.86. The molecule has 1 fully saturated rings. The molecular weight excluding hydrogens is 266 g/mol. The average Bonchev–Trinajstić information content (AvgIpc) is 2.50. The molecule has 1 rings (SSSR count).